The lowest BCUT2D eigenvalue weighted by atomic mass is 9.98. The van der Waals surface area contributed by atoms with Crippen LogP contribution in [-0.2, 0) is 0 Å². The van der Waals surface area contributed by atoms with E-state index in [2.05, 4.69) is 18.2 Å². The zero-order chi connectivity index (χ0) is 17.2. The molecular weight excluding hydrogens is 365 g/mol. The first-order chi connectivity index (χ1) is 12.2. The number of nitrogens with zero attached hydrogens (tertiary/aromatic N) is 1. The van der Waals surface area contributed by atoms with Crippen LogP contribution in [0.25, 0.3) is 33.3 Å². The van der Waals surface area contributed by atoms with E-state index in [9.17, 15) is 0 Å². The highest BCUT2D eigenvalue weighted by Gasteiger charge is 2.10. The molecule has 1 aromatic heterocycles. The molecule has 0 amide bonds. The van der Waals surface area contributed by atoms with Crippen molar-refractivity contribution in [3.05, 3.63) is 83.9 Å². The lowest BCUT2D eigenvalue weighted by molar-refractivity contribution is 0.415. The van der Waals surface area contributed by atoms with Gasteiger partial charge < -0.3 is 4.74 Å². The molecule has 0 aliphatic heterocycles. The largest absolute Gasteiger partial charge is 0.497 e. The van der Waals surface area contributed by atoms with Gasteiger partial charge in [0.1, 0.15) is 5.75 Å². The number of methoxy groups -OCH3 is 1. The van der Waals surface area contributed by atoms with E-state index in [4.69, 9.17) is 21.3 Å². The molecule has 0 radical (unpaired) electrons. The van der Waals surface area contributed by atoms with Crippen LogP contribution in [-0.4, -0.2) is 12.1 Å². The molecule has 0 unspecified atom stereocenters. The van der Waals surface area contributed by atoms with E-state index in [-0.39, 0.29) is 12.4 Å². The summed E-state index contributed by atoms with van der Waals surface area (Å²) in [7, 11) is 1.67. The lowest BCUT2D eigenvalue weighted by Crippen LogP contribution is -1.91. The van der Waals surface area contributed by atoms with Crippen LogP contribution in [0.1, 0.15) is 0 Å². The highest BCUT2D eigenvalue weighted by atomic mass is 35.5. The van der Waals surface area contributed by atoms with Crippen molar-refractivity contribution in [2.24, 2.45) is 0 Å². The number of rotatable bonds is 3. The molecule has 0 aliphatic rings. The summed E-state index contributed by atoms with van der Waals surface area (Å²) in [4.78, 5) is 4.83. The highest BCUT2D eigenvalue weighted by Crippen LogP contribution is 2.34. The Morgan fingerprint density at radius 3 is 2.35 bits per heavy atom. The van der Waals surface area contributed by atoms with Crippen LogP contribution < -0.4 is 4.74 Å². The molecule has 0 spiro atoms. The molecule has 0 aliphatic carbocycles. The fraction of sp³-hybridized carbons (Fsp3) is 0.0455. The second-order valence-electron chi connectivity index (χ2n) is 5.81. The minimum atomic E-state index is 0. The SMILES string of the molecule is COc1cccc(-c2cc(-c3ccccc3)c3cc(Cl)ccc3n2)c1.Cl. The van der Waals surface area contributed by atoms with E-state index < -0.39 is 0 Å². The van der Waals surface area contributed by atoms with Crippen LogP contribution in [0.2, 0.25) is 5.02 Å². The molecule has 0 saturated carbocycles. The summed E-state index contributed by atoms with van der Waals surface area (Å²) in [6.07, 6.45) is 0. The van der Waals surface area contributed by atoms with E-state index >= 15 is 0 Å². The van der Waals surface area contributed by atoms with Gasteiger partial charge in [0.2, 0.25) is 0 Å². The molecule has 0 bridgehead atoms. The number of fused-ring (bicyclic) bond motifs is 1. The van der Waals surface area contributed by atoms with Crippen molar-refractivity contribution in [3.63, 3.8) is 0 Å². The summed E-state index contributed by atoms with van der Waals surface area (Å²) in [6.45, 7) is 0. The van der Waals surface area contributed by atoms with Gasteiger partial charge in [-0.2, -0.15) is 0 Å². The highest BCUT2D eigenvalue weighted by molar-refractivity contribution is 6.31. The second-order valence-corrected chi connectivity index (χ2v) is 6.25. The first-order valence-electron chi connectivity index (χ1n) is 8.05. The van der Waals surface area contributed by atoms with Gasteiger partial charge in [-0.3, -0.25) is 0 Å². The number of halogens is 2. The van der Waals surface area contributed by atoms with Gasteiger partial charge in [-0.05, 0) is 47.5 Å². The molecule has 0 N–H and O–H groups in total. The van der Waals surface area contributed by atoms with E-state index in [0.29, 0.717) is 5.02 Å². The Kier molecular flexibility index (Phi) is 5.46. The maximum Gasteiger partial charge on any atom is 0.119 e. The molecule has 4 aromatic rings. The molecule has 130 valence electrons. The summed E-state index contributed by atoms with van der Waals surface area (Å²) in [5, 5.41) is 1.76. The lowest BCUT2D eigenvalue weighted by Gasteiger charge is -2.11. The Balaban J connectivity index is 0.00000196. The van der Waals surface area contributed by atoms with Gasteiger partial charge >= 0.3 is 0 Å². The van der Waals surface area contributed by atoms with Gasteiger partial charge in [-0.15, -0.1) is 12.4 Å². The predicted octanol–water partition coefficient (Wildman–Crippen LogP) is 6.65. The molecule has 0 fully saturated rings. The third-order valence-electron chi connectivity index (χ3n) is 4.22. The van der Waals surface area contributed by atoms with Crippen LogP contribution in [0.5, 0.6) is 5.75 Å². The minimum absolute atomic E-state index is 0. The van der Waals surface area contributed by atoms with Crippen LogP contribution in [0.3, 0.4) is 0 Å². The first kappa shape index (κ1) is 18.2. The summed E-state index contributed by atoms with van der Waals surface area (Å²) in [5.41, 5.74) is 5.11. The molecule has 4 heteroatoms. The van der Waals surface area contributed by atoms with Crippen LogP contribution >= 0.6 is 24.0 Å². The molecule has 2 nitrogen and oxygen atoms in total. The molecule has 3 aromatic carbocycles. The summed E-state index contributed by atoms with van der Waals surface area (Å²) in [5.74, 6) is 0.816. The summed E-state index contributed by atoms with van der Waals surface area (Å²) in [6, 6.07) is 26.2. The zero-order valence-corrected chi connectivity index (χ0v) is 15.7. The van der Waals surface area contributed by atoms with Crippen molar-refractivity contribution in [3.8, 4) is 28.1 Å². The Morgan fingerprint density at radius 2 is 1.58 bits per heavy atom. The number of hydrogen-bond donors (Lipinski definition) is 0. The number of benzene rings is 3. The standard InChI is InChI=1S/C22H16ClNO.ClH/c1-25-18-9-5-8-16(12-18)22-14-19(15-6-3-2-4-7-15)20-13-17(23)10-11-21(20)24-22;/h2-14H,1H3;1H. The van der Waals surface area contributed by atoms with Crippen molar-refractivity contribution in [2.45, 2.75) is 0 Å². The normalized spacial score (nSPS) is 10.4. The smallest absolute Gasteiger partial charge is 0.119 e. The Morgan fingerprint density at radius 1 is 0.808 bits per heavy atom. The monoisotopic (exact) mass is 381 g/mol. The van der Waals surface area contributed by atoms with E-state index in [0.717, 1.165) is 39.0 Å². The second kappa shape index (κ2) is 7.77. The fourth-order valence-electron chi connectivity index (χ4n) is 2.98. The summed E-state index contributed by atoms with van der Waals surface area (Å²) < 4.78 is 5.35. The summed E-state index contributed by atoms with van der Waals surface area (Å²) >= 11 is 6.23. The van der Waals surface area contributed by atoms with Crippen molar-refractivity contribution in [2.75, 3.05) is 7.11 Å². The molecule has 26 heavy (non-hydrogen) atoms. The quantitative estimate of drug-likeness (QED) is 0.396. The zero-order valence-electron chi connectivity index (χ0n) is 14.1. The average molecular weight is 382 g/mol. The maximum atomic E-state index is 6.23. The number of aromatic nitrogens is 1. The third-order valence-corrected chi connectivity index (χ3v) is 4.46. The molecule has 0 atom stereocenters. The van der Waals surface area contributed by atoms with Gasteiger partial charge in [0.05, 0.1) is 18.3 Å². The number of ether oxygens (including phenoxy) is 1. The van der Waals surface area contributed by atoms with Gasteiger partial charge in [0, 0.05) is 16.0 Å². The molecule has 0 saturated heterocycles. The van der Waals surface area contributed by atoms with Gasteiger partial charge in [0.15, 0.2) is 0 Å². The number of hydrogen-bond acceptors (Lipinski definition) is 2. The van der Waals surface area contributed by atoms with Crippen LogP contribution in [0.15, 0.2) is 78.9 Å². The molecule has 4 rings (SSSR count). The van der Waals surface area contributed by atoms with Gasteiger partial charge in [-0.1, -0.05) is 54.1 Å². The third kappa shape index (κ3) is 3.52. The van der Waals surface area contributed by atoms with Gasteiger partial charge in [0.25, 0.3) is 0 Å². The molecule has 1 heterocycles. The van der Waals surface area contributed by atoms with Crippen molar-refractivity contribution in [1.29, 1.82) is 0 Å². The predicted molar refractivity (Wildman–Crippen MR) is 111 cm³/mol. The van der Waals surface area contributed by atoms with Crippen LogP contribution in [0.4, 0.5) is 0 Å². The minimum Gasteiger partial charge on any atom is -0.497 e. The average Bonchev–Trinajstić information content (AvgIpc) is 2.68. The first-order valence-corrected chi connectivity index (χ1v) is 8.42. The van der Waals surface area contributed by atoms with E-state index in [1.165, 1.54) is 0 Å². The molecular formula is C22H17Cl2NO. The van der Waals surface area contributed by atoms with Gasteiger partial charge in [-0.25, -0.2) is 4.98 Å². The van der Waals surface area contributed by atoms with Crippen molar-refractivity contribution in [1.82, 2.24) is 4.98 Å². The Bertz CT molecular complexity index is 1050. The van der Waals surface area contributed by atoms with E-state index in [1.54, 1.807) is 7.11 Å². The Hall–Kier alpha value is -2.55. The Labute approximate surface area is 163 Å². The topological polar surface area (TPSA) is 22.1 Å². The fourth-order valence-corrected chi connectivity index (χ4v) is 3.16. The maximum absolute atomic E-state index is 6.23. The van der Waals surface area contributed by atoms with Crippen molar-refractivity contribution >= 4 is 34.9 Å². The van der Waals surface area contributed by atoms with Crippen molar-refractivity contribution < 1.29 is 4.74 Å². The number of pyridine rings is 1. The van der Waals surface area contributed by atoms with E-state index in [1.807, 2.05) is 60.7 Å². The van der Waals surface area contributed by atoms with Crippen LogP contribution in [0, 0.1) is 0 Å².